The molecular weight excluding hydrogens is 240 g/mol. The van der Waals surface area contributed by atoms with Crippen LogP contribution in [0.15, 0.2) is 0 Å². The van der Waals surface area contributed by atoms with Crippen LogP contribution >= 0.6 is 0 Å². The lowest BCUT2D eigenvalue weighted by atomic mass is 10.2. The molecule has 2 amide bonds. The number of rotatable bonds is 5. The zero-order chi connectivity index (χ0) is 13.9. The molecule has 0 unspecified atom stereocenters. The van der Waals surface area contributed by atoms with Crippen LogP contribution in [0.25, 0.3) is 0 Å². The van der Waals surface area contributed by atoms with Gasteiger partial charge in [0.1, 0.15) is 0 Å². The van der Waals surface area contributed by atoms with Crippen LogP contribution in [0, 0.1) is 0 Å². The lowest BCUT2D eigenvalue weighted by Gasteiger charge is -2.36. The minimum atomic E-state index is -2.00. The van der Waals surface area contributed by atoms with E-state index in [1.165, 1.54) is 0 Å². The molecule has 0 aromatic rings. The van der Waals surface area contributed by atoms with Crippen LogP contribution in [0.1, 0.15) is 20.8 Å². The van der Waals surface area contributed by atoms with Gasteiger partial charge in [-0.15, -0.1) is 0 Å². The first-order valence-corrected chi connectivity index (χ1v) is 8.27. The molecule has 0 radical (unpaired) electrons. The predicted molar refractivity (Wildman–Crippen MR) is 66.8 cm³/mol. The van der Waals surface area contributed by atoms with Gasteiger partial charge in [0.15, 0.2) is 8.32 Å². The monoisotopic (exact) mass is 262 g/mol. The number of primary amides is 2. The minimum Gasteiger partial charge on any atom is -0.434 e. The van der Waals surface area contributed by atoms with Crippen molar-refractivity contribution in [3.05, 3.63) is 0 Å². The summed E-state index contributed by atoms with van der Waals surface area (Å²) in [6, 6.07) is 0. The summed E-state index contributed by atoms with van der Waals surface area (Å²) in [6.07, 6.45) is -2.16. The maximum Gasteiger partial charge on any atom is 0.405 e. The van der Waals surface area contributed by atoms with E-state index in [0.29, 0.717) is 0 Å². The Bertz CT molecular complexity index is 299. The lowest BCUT2D eigenvalue weighted by Crippen LogP contribution is -2.46. The number of hydrogen-bond donors (Lipinski definition) is 2. The zero-order valence-electron chi connectivity index (χ0n) is 11.1. The summed E-state index contributed by atoms with van der Waals surface area (Å²) in [7, 11) is -2.00. The van der Waals surface area contributed by atoms with Crippen LogP contribution in [-0.2, 0) is 14.0 Å². The molecule has 0 rings (SSSR count). The fraction of sp³-hybridized carbons (Fsp3) is 0.800. The molecule has 0 aromatic carbocycles. The van der Waals surface area contributed by atoms with Crippen molar-refractivity contribution in [2.24, 2.45) is 11.5 Å². The molecule has 0 saturated heterocycles. The normalized spacial score (nSPS) is 14.2. The fourth-order valence-corrected chi connectivity index (χ4v) is 1.82. The van der Waals surface area contributed by atoms with Crippen molar-refractivity contribution in [1.29, 1.82) is 0 Å². The van der Waals surface area contributed by atoms with Crippen molar-refractivity contribution in [3.63, 3.8) is 0 Å². The van der Waals surface area contributed by atoms with Crippen molar-refractivity contribution in [3.8, 4) is 0 Å². The van der Waals surface area contributed by atoms with Gasteiger partial charge in [-0.3, -0.25) is 4.79 Å². The fourth-order valence-electron chi connectivity index (χ4n) is 0.815. The molecule has 0 fully saturated rings. The first kappa shape index (κ1) is 15.9. The highest BCUT2D eigenvalue weighted by molar-refractivity contribution is 6.74. The largest absolute Gasteiger partial charge is 0.434 e. The van der Waals surface area contributed by atoms with Crippen molar-refractivity contribution >= 4 is 20.3 Å². The number of carbonyl (C=O) groups is 2. The van der Waals surface area contributed by atoms with E-state index in [0.717, 1.165) is 0 Å². The van der Waals surface area contributed by atoms with Crippen LogP contribution in [0.2, 0.25) is 18.1 Å². The standard InChI is InChI=1S/C10H22N2O4Si/c1-10(2,3)17(4,5)15-6-7(8(11)13)16-9(12)14/h7H,6H2,1-5H3,(H2,11,13)(H2,12,14)/t7-/m0/s1. The van der Waals surface area contributed by atoms with Crippen LogP contribution < -0.4 is 11.5 Å². The maximum atomic E-state index is 11.0. The Hall–Kier alpha value is -1.08. The minimum absolute atomic E-state index is 0.00190. The molecular formula is C10H22N2O4Si. The third-order valence-electron chi connectivity index (χ3n) is 2.98. The van der Waals surface area contributed by atoms with Crippen LogP contribution in [0.4, 0.5) is 4.79 Å². The molecule has 0 saturated carbocycles. The van der Waals surface area contributed by atoms with Gasteiger partial charge in [0.05, 0.1) is 6.61 Å². The average molecular weight is 262 g/mol. The molecule has 1 atom stereocenters. The molecule has 0 spiro atoms. The quantitative estimate of drug-likeness (QED) is 0.720. The Morgan fingerprint density at radius 1 is 1.24 bits per heavy atom. The molecule has 4 N–H and O–H groups in total. The van der Waals surface area contributed by atoms with Gasteiger partial charge in [0.2, 0.25) is 6.10 Å². The molecule has 100 valence electrons. The van der Waals surface area contributed by atoms with Crippen molar-refractivity contribution in [1.82, 2.24) is 0 Å². The zero-order valence-corrected chi connectivity index (χ0v) is 12.1. The smallest absolute Gasteiger partial charge is 0.405 e. The molecule has 6 nitrogen and oxygen atoms in total. The van der Waals surface area contributed by atoms with E-state index in [2.05, 4.69) is 25.5 Å². The van der Waals surface area contributed by atoms with Gasteiger partial charge in [-0.25, -0.2) is 4.79 Å². The summed E-state index contributed by atoms with van der Waals surface area (Å²) in [6.45, 7) is 10.2. The molecule has 0 heterocycles. The Kier molecular flexibility index (Phi) is 5.15. The second-order valence-electron chi connectivity index (χ2n) is 5.40. The van der Waals surface area contributed by atoms with Gasteiger partial charge < -0.3 is 20.6 Å². The van der Waals surface area contributed by atoms with E-state index in [4.69, 9.17) is 15.9 Å². The highest BCUT2D eigenvalue weighted by Crippen LogP contribution is 2.36. The van der Waals surface area contributed by atoms with Crippen molar-refractivity contribution in [2.45, 2.75) is 45.0 Å². The van der Waals surface area contributed by atoms with E-state index in [9.17, 15) is 9.59 Å². The van der Waals surface area contributed by atoms with Gasteiger partial charge in [-0.05, 0) is 18.1 Å². The summed E-state index contributed by atoms with van der Waals surface area (Å²) in [5.41, 5.74) is 9.93. The first-order valence-electron chi connectivity index (χ1n) is 5.37. The Morgan fingerprint density at radius 3 is 2.00 bits per heavy atom. The number of carbonyl (C=O) groups excluding carboxylic acids is 2. The number of nitrogens with two attached hydrogens (primary N) is 2. The van der Waals surface area contributed by atoms with E-state index in [1.54, 1.807) is 0 Å². The summed E-state index contributed by atoms with van der Waals surface area (Å²) < 4.78 is 10.3. The van der Waals surface area contributed by atoms with Crippen molar-refractivity contribution in [2.75, 3.05) is 6.61 Å². The number of hydrogen-bond acceptors (Lipinski definition) is 4. The second-order valence-corrected chi connectivity index (χ2v) is 10.2. The predicted octanol–water partition coefficient (Wildman–Crippen LogP) is 0.957. The number of ether oxygens (including phenoxy) is 1. The van der Waals surface area contributed by atoms with Gasteiger partial charge in [-0.1, -0.05) is 20.8 Å². The summed E-state index contributed by atoms with van der Waals surface area (Å²) >= 11 is 0. The molecule has 0 aliphatic heterocycles. The van der Waals surface area contributed by atoms with Gasteiger partial charge in [0.25, 0.3) is 5.91 Å². The molecule has 0 bridgehead atoms. The Morgan fingerprint density at radius 2 is 1.71 bits per heavy atom. The maximum absolute atomic E-state index is 11.0. The van der Waals surface area contributed by atoms with Crippen LogP contribution in [0.3, 0.4) is 0 Å². The highest BCUT2D eigenvalue weighted by atomic mass is 28.4. The lowest BCUT2D eigenvalue weighted by molar-refractivity contribution is -0.127. The molecule has 0 aliphatic carbocycles. The molecule has 7 heteroatoms. The molecule has 0 aliphatic rings. The van der Waals surface area contributed by atoms with E-state index < -0.39 is 26.4 Å². The Labute approximate surface area is 103 Å². The summed E-state index contributed by atoms with van der Waals surface area (Å²) in [5, 5.41) is 0.00190. The van der Waals surface area contributed by atoms with Crippen molar-refractivity contribution < 1.29 is 18.8 Å². The third kappa shape index (κ3) is 5.18. The summed E-state index contributed by atoms with van der Waals surface area (Å²) in [5.74, 6) is -0.762. The SMILES string of the molecule is CC(C)(C)[Si](C)(C)OC[C@H](OC(N)=O)C(N)=O. The van der Waals surface area contributed by atoms with Crippen LogP contribution in [-0.4, -0.2) is 33.0 Å². The van der Waals surface area contributed by atoms with Gasteiger partial charge in [0, 0.05) is 0 Å². The highest BCUT2D eigenvalue weighted by Gasteiger charge is 2.38. The van der Waals surface area contributed by atoms with Crippen LogP contribution in [0.5, 0.6) is 0 Å². The average Bonchev–Trinajstić information content (AvgIpc) is 2.09. The van der Waals surface area contributed by atoms with E-state index in [1.807, 2.05) is 13.1 Å². The summed E-state index contributed by atoms with van der Waals surface area (Å²) in [4.78, 5) is 21.6. The first-order chi connectivity index (χ1) is 7.47. The van der Waals surface area contributed by atoms with Gasteiger partial charge in [-0.2, -0.15) is 0 Å². The molecule has 0 aromatic heterocycles. The topological polar surface area (TPSA) is 105 Å². The number of amides is 2. The molecule has 17 heavy (non-hydrogen) atoms. The van der Waals surface area contributed by atoms with E-state index >= 15 is 0 Å². The Balaban J connectivity index is 4.51. The van der Waals surface area contributed by atoms with Gasteiger partial charge >= 0.3 is 6.09 Å². The third-order valence-corrected chi connectivity index (χ3v) is 7.48. The van der Waals surface area contributed by atoms with E-state index in [-0.39, 0.29) is 11.6 Å². The second kappa shape index (κ2) is 5.50.